The van der Waals surface area contributed by atoms with E-state index in [1.165, 1.54) is 12.8 Å². The summed E-state index contributed by atoms with van der Waals surface area (Å²) in [4.78, 5) is 24.3. The second-order valence-electron chi connectivity index (χ2n) is 6.68. The summed E-state index contributed by atoms with van der Waals surface area (Å²) in [5, 5.41) is 9.25. The molecule has 2 amide bonds. The third-order valence-corrected chi connectivity index (χ3v) is 4.52. The number of carbonyl (C=O) groups is 2. The minimum absolute atomic E-state index is 0.0183. The lowest BCUT2D eigenvalue weighted by Crippen LogP contribution is -2.42. The highest BCUT2D eigenvalue weighted by atomic mass is 16.2. The highest BCUT2D eigenvalue weighted by Gasteiger charge is 2.24. The molecule has 0 unspecified atom stereocenters. The van der Waals surface area contributed by atoms with Crippen molar-refractivity contribution in [2.45, 2.75) is 63.6 Å². The normalized spacial score (nSPS) is 19.2. The predicted molar refractivity (Wildman–Crippen MR) is 90.4 cm³/mol. The monoisotopic (exact) mass is 315 g/mol. The van der Waals surface area contributed by atoms with Crippen LogP contribution in [0.25, 0.3) is 0 Å². The van der Waals surface area contributed by atoms with Crippen LogP contribution in [0.15, 0.2) is 24.3 Å². The fraction of sp³-hybridized carbons (Fsp3) is 0.556. The average Bonchev–Trinajstić information content (AvgIpc) is 3.20. The number of hydrogen-bond donors (Lipinski definition) is 3. The van der Waals surface area contributed by atoms with Gasteiger partial charge >= 0.3 is 0 Å². The third kappa shape index (κ3) is 4.47. The number of hydrogen-bond acceptors (Lipinski definition) is 3. The van der Waals surface area contributed by atoms with Gasteiger partial charge in [-0.25, -0.2) is 0 Å². The van der Waals surface area contributed by atoms with Crippen molar-refractivity contribution in [1.82, 2.24) is 10.6 Å². The van der Waals surface area contributed by atoms with Gasteiger partial charge in [0.2, 0.25) is 5.91 Å². The van der Waals surface area contributed by atoms with Gasteiger partial charge in [-0.15, -0.1) is 0 Å². The molecular weight excluding hydrogens is 290 g/mol. The van der Waals surface area contributed by atoms with E-state index in [1.54, 1.807) is 12.1 Å². The van der Waals surface area contributed by atoms with Crippen LogP contribution in [0, 0.1) is 0 Å². The average molecular weight is 315 g/mol. The summed E-state index contributed by atoms with van der Waals surface area (Å²) in [5.74, 6) is -0.0241. The number of anilines is 1. The highest BCUT2D eigenvalue weighted by molar-refractivity contribution is 5.95. The largest absolute Gasteiger partial charge is 0.374 e. The Morgan fingerprint density at radius 2 is 1.74 bits per heavy atom. The van der Waals surface area contributed by atoms with Gasteiger partial charge in [0.05, 0.1) is 0 Å². The molecule has 2 aliphatic carbocycles. The van der Waals surface area contributed by atoms with E-state index in [0.717, 1.165) is 31.4 Å². The van der Waals surface area contributed by atoms with Gasteiger partial charge in [-0.2, -0.15) is 0 Å². The van der Waals surface area contributed by atoms with Gasteiger partial charge in [0, 0.05) is 23.3 Å². The van der Waals surface area contributed by atoms with Crippen molar-refractivity contribution in [3.8, 4) is 0 Å². The van der Waals surface area contributed by atoms with Crippen LogP contribution < -0.4 is 16.0 Å². The number of carbonyl (C=O) groups excluding carboxylic acids is 2. The Balaban J connectivity index is 1.55. The van der Waals surface area contributed by atoms with Crippen molar-refractivity contribution in [3.05, 3.63) is 29.8 Å². The third-order valence-electron chi connectivity index (χ3n) is 4.52. The molecule has 0 aromatic heterocycles. The smallest absolute Gasteiger partial charge is 0.251 e. The molecule has 1 atom stereocenters. The summed E-state index contributed by atoms with van der Waals surface area (Å²) >= 11 is 0. The Morgan fingerprint density at radius 1 is 1.04 bits per heavy atom. The molecule has 1 aromatic carbocycles. The minimum Gasteiger partial charge on any atom is -0.374 e. The second-order valence-corrected chi connectivity index (χ2v) is 6.68. The summed E-state index contributed by atoms with van der Waals surface area (Å²) in [6.07, 6.45) is 6.70. The number of rotatable bonds is 6. The lowest BCUT2D eigenvalue weighted by Gasteiger charge is -2.19. The highest BCUT2D eigenvalue weighted by Crippen LogP contribution is 2.20. The van der Waals surface area contributed by atoms with Gasteiger partial charge in [0.15, 0.2) is 0 Å². The van der Waals surface area contributed by atoms with Crippen LogP contribution in [0.3, 0.4) is 0 Å². The quantitative estimate of drug-likeness (QED) is 0.755. The summed E-state index contributed by atoms with van der Waals surface area (Å²) in [7, 11) is 0. The number of benzene rings is 1. The summed E-state index contributed by atoms with van der Waals surface area (Å²) in [6.45, 7) is 1.85. The molecule has 0 radical (unpaired) electrons. The Hall–Kier alpha value is -2.04. The lowest BCUT2D eigenvalue weighted by atomic mass is 10.1. The van der Waals surface area contributed by atoms with Crippen LogP contribution in [0.1, 0.15) is 55.8 Å². The molecule has 2 saturated carbocycles. The molecule has 3 rings (SSSR count). The molecule has 2 aliphatic rings. The van der Waals surface area contributed by atoms with E-state index < -0.39 is 0 Å². The van der Waals surface area contributed by atoms with Crippen LogP contribution in [-0.2, 0) is 4.79 Å². The molecule has 0 bridgehead atoms. The van der Waals surface area contributed by atoms with E-state index in [9.17, 15) is 9.59 Å². The molecular formula is C18H25N3O2. The molecule has 23 heavy (non-hydrogen) atoms. The van der Waals surface area contributed by atoms with Gasteiger partial charge in [-0.3, -0.25) is 9.59 Å². The molecule has 0 heterocycles. The molecule has 5 nitrogen and oxygen atoms in total. The van der Waals surface area contributed by atoms with Gasteiger partial charge in [0.1, 0.15) is 6.04 Å². The molecule has 0 aliphatic heterocycles. The Kier molecular flexibility index (Phi) is 4.84. The summed E-state index contributed by atoms with van der Waals surface area (Å²) < 4.78 is 0. The maximum Gasteiger partial charge on any atom is 0.251 e. The first-order valence-electron chi connectivity index (χ1n) is 8.59. The molecule has 5 heteroatoms. The fourth-order valence-corrected chi connectivity index (χ4v) is 2.96. The molecule has 3 N–H and O–H groups in total. The fourth-order valence-electron chi connectivity index (χ4n) is 2.96. The van der Waals surface area contributed by atoms with E-state index >= 15 is 0 Å². The van der Waals surface area contributed by atoms with Crippen LogP contribution in [0.4, 0.5) is 5.69 Å². The molecule has 0 spiro atoms. The Morgan fingerprint density at radius 3 is 2.43 bits per heavy atom. The molecule has 1 aromatic rings. The molecule has 2 fully saturated rings. The van der Waals surface area contributed by atoms with Crippen molar-refractivity contribution in [2.75, 3.05) is 5.32 Å². The Labute approximate surface area is 137 Å². The maximum absolute atomic E-state index is 12.2. The molecule has 0 saturated heterocycles. The zero-order chi connectivity index (χ0) is 16.2. The van der Waals surface area contributed by atoms with Crippen molar-refractivity contribution in [3.63, 3.8) is 0 Å². The van der Waals surface area contributed by atoms with Crippen molar-refractivity contribution < 1.29 is 9.59 Å². The Bertz CT molecular complexity index is 577. The second kappa shape index (κ2) is 7.02. The summed E-state index contributed by atoms with van der Waals surface area (Å²) in [6, 6.07) is 7.66. The first kappa shape index (κ1) is 15.8. The standard InChI is InChI=1S/C18H25N3O2/c1-12(17(22)20-14-6-2-3-7-14)19-16-8-4-5-13(11-16)18(23)21-15-9-10-15/h4-5,8,11-12,14-15,19H,2-3,6-7,9-10H2,1H3,(H,20,22)(H,21,23)/t12-/m1/s1. The van der Waals surface area contributed by atoms with E-state index in [4.69, 9.17) is 0 Å². The van der Waals surface area contributed by atoms with Crippen LogP contribution >= 0.6 is 0 Å². The van der Waals surface area contributed by atoms with E-state index in [2.05, 4.69) is 16.0 Å². The zero-order valence-electron chi connectivity index (χ0n) is 13.6. The SMILES string of the molecule is C[C@@H](Nc1cccc(C(=O)NC2CC2)c1)C(=O)NC1CCCC1. The van der Waals surface area contributed by atoms with Gasteiger partial charge in [-0.1, -0.05) is 18.9 Å². The van der Waals surface area contributed by atoms with Crippen LogP contribution in [-0.4, -0.2) is 29.9 Å². The van der Waals surface area contributed by atoms with Crippen LogP contribution in [0.2, 0.25) is 0 Å². The summed E-state index contributed by atoms with van der Waals surface area (Å²) in [5.41, 5.74) is 1.42. The van der Waals surface area contributed by atoms with Gasteiger partial charge < -0.3 is 16.0 Å². The van der Waals surface area contributed by atoms with Crippen molar-refractivity contribution in [2.24, 2.45) is 0 Å². The predicted octanol–water partition coefficient (Wildman–Crippen LogP) is 2.44. The van der Waals surface area contributed by atoms with Crippen LogP contribution in [0.5, 0.6) is 0 Å². The maximum atomic E-state index is 12.2. The molecule has 124 valence electrons. The topological polar surface area (TPSA) is 70.2 Å². The zero-order valence-corrected chi connectivity index (χ0v) is 13.6. The van der Waals surface area contributed by atoms with E-state index in [0.29, 0.717) is 17.6 Å². The first-order valence-corrected chi connectivity index (χ1v) is 8.59. The van der Waals surface area contributed by atoms with Gasteiger partial charge in [-0.05, 0) is 50.8 Å². The lowest BCUT2D eigenvalue weighted by molar-refractivity contribution is -0.122. The first-order chi connectivity index (χ1) is 11.1. The number of nitrogens with one attached hydrogen (secondary N) is 3. The van der Waals surface area contributed by atoms with E-state index in [-0.39, 0.29) is 17.9 Å². The van der Waals surface area contributed by atoms with Crippen molar-refractivity contribution in [1.29, 1.82) is 0 Å². The van der Waals surface area contributed by atoms with Crippen molar-refractivity contribution >= 4 is 17.5 Å². The van der Waals surface area contributed by atoms with Gasteiger partial charge in [0.25, 0.3) is 5.91 Å². The minimum atomic E-state index is -0.322. The van der Waals surface area contributed by atoms with E-state index in [1.807, 2.05) is 19.1 Å². The number of amides is 2.